The number of carbonyl (C=O) groups is 1. The highest BCUT2D eigenvalue weighted by atomic mass is 16.1. The molecule has 0 unspecified atom stereocenters. The first-order valence-electron chi connectivity index (χ1n) is 6.15. The minimum absolute atomic E-state index is 0.0276. The number of nitrogens with zero attached hydrogens (tertiary/aromatic N) is 3. The number of hydrogen-bond donors (Lipinski definition) is 2. The fraction of sp³-hybridized carbons (Fsp3) is 0.462. The maximum atomic E-state index is 12.1. The Hall–Kier alpha value is -2.11. The second kappa shape index (κ2) is 4.53. The van der Waals surface area contributed by atoms with Crippen LogP contribution < -0.4 is 5.32 Å². The highest BCUT2D eigenvalue weighted by Crippen LogP contribution is 2.22. The molecule has 0 spiro atoms. The summed E-state index contributed by atoms with van der Waals surface area (Å²) in [6, 6.07) is 1.85. The van der Waals surface area contributed by atoms with Crippen LogP contribution in [0.1, 0.15) is 42.5 Å². The molecule has 0 saturated heterocycles. The van der Waals surface area contributed by atoms with E-state index in [9.17, 15) is 4.79 Å². The molecule has 2 aromatic heterocycles. The van der Waals surface area contributed by atoms with Gasteiger partial charge in [-0.15, -0.1) is 0 Å². The van der Waals surface area contributed by atoms with Crippen molar-refractivity contribution in [2.24, 2.45) is 7.05 Å². The standard InChI is InChI=1S/C13H19N5O/c1-8-9(7-14-18(8)5)12(19)15-11-6-10(16-17-11)13(2,3)4/h6-7H,1-5H3,(H2,15,16,17,19). The zero-order valence-corrected chi connectivity index (χ0v) is 11.9. The summed E-state index contributed by atoms with van der Waals surface area (Å²) in [6.07, 6.45) is 1.56. The molecule has 0 bridgehead atoms. The van der Waals surface area contributed by atoms with Gasteiger partial charge in [0, 0.05) is 29.9 Å². The minimum atomic E-state index is -0.197. The monoisotopic (exact) mass is 261 g/mol. The summed E-state index contributed by atoms with van der Waals surface area (Å²) < 4.78 is 1.67. The third-order valence-electron chi connectivity index (χ3n) is 3.11. The first-order chi connectivity index (χ1) is 8.79. The van der Waals surface area contributed by atoms with Gasteiger partial charge in [0.15, 0.2) is 5.82 Å². The topological polar surface area (TPSA) is 75.6 Å². The first-order valence-corrected chi connectivity index (χ1v) is 6.15. The molecule has 0 saturated carbocycles. The fourth-order valence-corrected chi connectivity index (χ4v) is 1.68. The first kappa shape index (κ1) is 13.3. The molecule has 0 atom stereocenters. The molecule has 6 heteroatoms. The summed E-state index contributed by atoms with van der Waals surface area (Å²) in [4.78, 5) is 12.1. The number of aromatic nitrogens is 4. The van der Waals surface area contributed by atoms with Crippen LogP contribution in [0.5, 0.6) is 0 Å². The predicted molar refractivity (Wildman–Crippen MR) is 73.2 cm³/mol. The highest BCUT2D eigenvalue weighted by Gasteiger charge is 2.18. The van der Waals surface area contributed by atoms with Gasteiger partial charge in [-0.05, 0) is 6.92 Å². The Morgan fingerprint density at radius 3 is 2.58 bits per heavy atom. The van der Waals surface area contributed by atoms with Gasteiger partial charge in [-0.3, -0.25) is 14.6 Å². The Balaban J connectivity index is 2.16. The third-order valence-corrected chi connectivity index (χ3v) is 3.11. The number of amides is 1. The zero-order valence-electron chi connectivity index (χ0n) is 11.9. The molecule has 2 N–H and O–H groups in total. The molecule has 19 heavy (non-hydrogen) atoms. The van der Waals surface area contributed by atoms with E-state index in [1.54, 1.807) is 17.9 Å². The maximum Gasteiger partial charge on any atom is 0.260 e. The highest BCUT2D eigenvalue weighted by molar-refractivity contribution is 6.04. The van der Waals surface area contributed by atoms with E-state index >= 15 is 0 Å². The summed E-state index contributed by atoms with van der Waals surface area (Å²) in [6.45, 7) is 8.10. The Kier molecular flexibility index (Phi) is 3.18. The number of nitrogens with one attached hydrogen (secondary N) is 2. The third kappa shape index (κ3) is 2.67. The van der Waals surface area contributed by atoms with Gasteiger partial charge in [0.05, 0.1) is 11.8 Å². The molecular weight excluding hydrogens is 242 g/mol. The molecule has 2 rings (SSSR count). The van der Waals surface area contributed by atoms with E-state index in [4.69, 9.17) is 0 Å². The second-order valence-corrected chi connectivity index (χ2v) is 5.64. The SMILES string of the molecule is Cc1c(C(=O)Nc2cc(C(C)(C)C)[nH]n2)cnn1C. The zero-order chi connectivity index (χ0) is 14.2. The van der Waals surface area contributed by atoms with Crippen molar-refractivity contribution >= 4 is 11.7 Å². The molecule has 0 radical (unpaired) electrons. The van der Waals surface area contributed by atoms with Crippen molar-refractivity contribution in [2.75, 3.05) is 5.32 Å². The lowest BCUT2D eigenvalue weighted by atomic mass is 9.92. The number of carbonyl (C=O) groups excluding carboxylic acids is 1. The number of hydrogen-bond acceptors (Lipinski definition) is 3. The van der Waals surface area contributed by atoms with Crippen LogP contribution in [-0.4, -0.2) is 25.9 Å². The lowest BCUT2D eigenvalue weighted by Gasteiger charge is -2.14. The van der Waals surface area contributed by atoms with Gasteiger partial charge in [0.2, 0.25) is 0 Å². The van der Waals surface area contributed by atoms with Gasteiger partial charge < -0.3 is 5.32 Å². The number of H-pyrrole nitrogens is 1. The van der Waals surface area contributed by atoms with Gasteiger partial charge in [-0.2, -0.15) is 10.2 Å². The lowest BCUT2D eigenvalue weighted by molar-refractivity contribution is 0.102. The van der Waals surface area contributed by atoms with Gasteiger partial charge in [-0.25, -0.2) is 0 Å². The Morgan fingerprint density at radius 1 is 1.42 bits per heavy atom. The van der Waals surface area contributed by atoms with E-state index in [0.29, 0.717) is 11.4 Å². The molecule has 2 aromatic rings. The van der Waals surface area contributed by atoms with Crippen LogP contribution >= 0.6 is 0 Å². The van der Waals surface area contributed by atoms with Crippen LogP contribution in [0.4, 0.5) is 5.82 Å². The van der Waals surface area contributed by atoms with Gasteiger partial charge in [0.25, 0.3) is 5.91 Å². The van der Waals surface area contributed by atoms with E-state index in [1.165, 1.54) is 0 Å². The van der Waals surface area contributed by atoms with Crippen molar-refractivity contribution in [3.63, 3.8) is 0 Å². The van der Waals surface area contributed by atoms with Crippen LogP contribution in [0.2, 0.25) is 0 Å². The average Bonchev–Trinajstić information content (AvgIpc) is 2.87. The molecule has 2 heterocycles. The number of aryl methyl sites for hydroxylation is 1. The van der Waals surface area contributed by atoms with Crippen molar-refractivity contribution in [1.82, 2.24) is 20.0 Å². The molecular formula is C13H19N5O. The van der Waals surface area contributed by atoms with Crippen molar-refractivity contribution < 1.29 is 4.79 Å². The smallest absolute Gasteiger partial charge is 0.260 e. The number of rotatable bonds is 2. The van der Waals surface area contributed by atoms with Crippen LogP contribution in [-0.2, 0) is 12.5 Å². The van der Waals surface area contributed by atoms with Crippen molar-refractivity contribution in [1.29, 1.82) is 0 Å². The Morgan fingerprint density at radius 2 is 2.11 bits per heavy atom. The molecule has 0 aromatic carbocycles. The Bertz CT molecular complexity index is 603. The number of anilines is 1. The van der Waals surface area contributed by atoms with E-state index in [0.717, 1.165) is 11.4 Å². The molecule has 0 aliphatic rings. The van der Waals surface area contributed by atoms with Crippen LogP contribution in [0, 0.1) is 6.92 Å². The molecule has 102 valence electrons. The predicted octanol–water partition coefficient (Wildman–Crippen LogP) is 2.00. The van der Waals surface area contributed by atoms with Crippen molar-refractivity contribution in [2.45, 2.75) is 33.1 Å². The fourth-order valence-electron chi connectivity index (χ4n) is 1.68. The molecule has 6 nitrogen and oxygen atoms in total. The molecule has 1 amide bonds. The van der Waals surface area contributed by atoms with E-state index in [2.05, 4.69) is 41.4 Å². The number of aromatic amines is 1. The van der Waals surface area contributed by atoms with E-state index in [-0.39, 0.29) is 11.3 Å². The second-order valence-electron chi connectivity index (χ2n) is 5.64. The summed E-state index contributed by atoms with van der Waals surface area (Å²) in [5.41, 5.74) is 2.33. The van der Waals surface area contributed by atoms with Crippen LogP contribution in [0.15, 0.2) is 12.3 Å². The van der Waals surface area contributed by atoms with Crippen LogP contribution in [0.3, 0.4) is 0 Å². The molecule has 0 aliphatic heterocycles. The summed E-state index contributed by atoms with van der Waals surface area (Å²) in [7, 11) is 1.80. The van der Waals surface area contributed by atoms with Gasteiger partial charge in [0.1, 0.15) is 0 Å². The average molecular weight is 261 g/mol. The van der Waals surface area contributed by atoms with Crippen molar-refractivity contribution in [3.8, 4) is 0 Å². The summed E-state index contributed by atoms with van der Waals surface area (Å²) in [5, 5.41) is 13.9. The Labute approximate surface area is 112 Å². The maximum absolute atomic E-state index is 12.1. The normalized spacial score (nSPS) is 11.6. The lowest BCUT2D eigenvalue weighted by Crippen LogP contribution is -2.13. The summed E-state index contributed by atoms with van der Waals surface area (Å²) in [5.74, 6) is 0.329. The largest absolute Gasteiger partial charge is 0.305 e. The van der Waals surface area contributed by atoms with E-state index < -0.39 is 0 Å². The van der Waals surface area contributed by atoms with Crippen molar-refractivity contribution in [3.05, 3.63) is 29.2 Å². The van der Waals surface area contributed by atoms with Gasteiger partial charge >= 0.3 is 0 Å². The van der Waals surface area contributed by atoms with E-state index in [1.807, 2.05) is 13.0 Å². The van der Waals surface area contributed by atoms with Gasteiger partial charge in [-0.1, -0.05) is 20.8 Å². The minimum Gasteiger partial charge on any atom is -0.305 e. The molecule has 0 aliphatic carbocycles. The summed E-state index contributed by atoms with van der Waals surface area (Å²) >= 11 is 0. The van der Waals surface area contributed by atoms with Crippen LogP contribution in [0.25, 0.3) is 0 Å². The quantitative estimate of drug-likeness (QED) is 0.868. The molecule has 0 fully saturated rings.